The van der Waals surface area contributed by atoms with Crippen LogP contribution in [0.1, 0.15) is 1.37 Å². The monoisotopic (exact) mass is 129 g/mol. The Morgan fingerprint density at radius 1 is 1.10 bits per heavy atom. The van der Waals surface area contributed by atoms with Crippen LogP contribution in [0.15, 0.2) is 42.4 Å². The van der Waals surface area contributed by atoms with Gasteiger partial charge in [0.05, 0.1) is 1.37 Å². The third kappa shape index (κ3) is 0.781. The molecule has 1 radical (unpaired) electrons. The molecule has 0 fully saturated rings. The van der Waals surface area contributed by atoms with Gasteiger partial charge in [0, 0.05) is 0 Å². The first kappa shape index (κ1) is 4.51. The van der Waals surface area contributed by atoms with E-state index in [-0.39, 0.29) is 0 Å². The van der Waals surface area contributed by atoms with Gasteiger partial charge in [0.2, 0.25) is 0 Å². The molecule has 2 aromatic rings. The molecule has 0 saturated heterocycles. The molecule has 0 atom stereocenters. The Kier molecular flexibility index (Phi) is 0.966. The van der Waals surface area contributed by atoms with E-state index in [0.717, 1.165) is 10.8 Å². The number of rotatable bonds is 0. The average molecular weight is 129 g/mol. The van der Waals surface area contributed by atoms with E-state index in [9.17, 15) is 0 Å². The molecule has 2 rings (SSSR count). The molecule has 0 aliphatic carbocycles. The van der Waals surface area contributed by atoms with Crippen LogP contribution in [-0.2, 0) is 0 Å². The van der Waals surface area contributed by atoms with E-state index in [0.29, 0.717) is 6.04 Å². The van der Waals surface area contributed by atoms with Gasteiger partial charge in [0.1, 0.15) is 0 Å². The first-order chi connectivity index (χ1) is 5.36. The Morgan fingerprint density at radius 2 is 1.90 bits per heavy atom. The van der Waals surface area contributed by atoms with Crippen molar-refractivity contribution in [3.8, 4) is 0 Å². The van der Waals surface area contributed by atoms with E-state index in [1.165, 1.54) is 0 Å². The molecule has 0 heteroatoms. The molecule has 10 heavy (non-hydrogen) atoms. The topological polar surface area (TPSA) is 0 Å². The summed E-state index contributed by atoms with van der Waals surface area (Å²) >= 11 is 0. The van der Waals surface area contributed by atoms with E-state index in [4.69, 9.17) is 1.37 Å². The summed E-state index contributed by atoms with van der Waals surface area (Å²) in [5, 5.41) is 2.16. The molecule has 0 nitrogen and oxygen atoms in total. The van der Waals surface area contributed by atoms with Crippen LogP contribution >= 0.6 is 0 Å². The molecule has 0 heterocycles. The van der Waals surface area contributed by atoms with Crippen molar-refractivity contribution >= 4 is 10.8 Å². The van der Waals surface area contributed by atoms with Crippen molar-refractivity contribution < 1.29 is 1.37 Å². The normalized spacial score (nSPS) is 11.4. The lowest BCUT2D eigenvalue weighted by molar-refractivity contribution is 1.74. The minimum atomic E-state index is 0.448. The van der Waals surface area contributed by atoms with E-state index in [1.807, 2.05) is 30.3 Å². The molecular weight excluding hydrogens is 120 g/mol. The Hall–Kier alpha value is -1.30. The predicted molar refractivity (Wildman–Crippen MR) is 42.8 cm³/mol. The summed E-state index contributed by atoms with van der Waals surface area (Å²) in [6, 6.07) is 15.0. The maximum atomic E-state index is 7.32. The van der Waals surface area contributed by atoms with Gasteiger partial charge in [-0.05, 0) is 16.8 Å². The fourth-order valence-corrected chi connectivity index (χ4v) is 1.01. The van der Waals surface area contributed by atoms with Crippen LogP contribution in [0, 0.1) is 6.07 Å². The molecule has 0 spiro atoms. The minimum Gasteiger partial charge on any atom is -0.0616 e. The van der Waals surface area contributed by atoms with Gasteiger partial charge >= 0.3 is 0 Å². The van der Waals surface area contributed by atoms with Crippen molar-refractivity contribution in [2.75, 3.05) is 0 Å². The lowest BCUT2D eigenvalue weighted by atomic mass is 10.1. The lowest BCUT2D eigenvalue weighted by Crippen LogP contribution is -1.67. The number of fused-ring (bicyclic) bond motifs is 1. The quantitative estimate of drug-likeness (QED) is 0.513. The second kappa shape index (κ2) is 2.14. The summed E-state index contributed by atoms with van der Waals surface area (Å²) < 4.78 is 7.32. The first-order valence-corrected chi connectivity index (χ1v) is 3.24. The second-order valence-corrected chi connectivity index (χ2v) is 2.19. The molecule has 0 amide bonds. The molecule has 0 N–H and O–H groups in total. The molecule has 0 aliphatic rings. The van der Waals surface area contributed by atoms with Crippen LogP contribution in [0.3, 0.4) is 0 Å². The van der Waals surface area contributed by atoms with Crippen LogP contribution in [0.5, 0.6) is 0 Å². The highest BCUT2D eigenvalue weighted by Crippen LogP contribution is 2.10. The van der Waals surface area contributed by atoms with E-state index in [2.05, 4.69) is 6.07 Å². The zero-order valence-corrected chi connectivity index (χ0v) is 5.46. The third-order valence-electron chi connectivity index (χ3n) is 1.51. The SMILES string of the molecule is [3H]c1[c]c2ccccc2cc1. The lowest BCUT2D eigenvalue weighted by Gasteiger charge is -1.91. The molecular formula is C10H7. The Labute approximate surface area is 61.5 Å². The first-order valence-electron chi connectivity index (χ1n) is 3.74. The molecule has 0 aromatic heterocycles. The van der Waals surface area contributed by atoms with E-state index in [1.54, 1.807) is 6.07 Å². The minimum absolute atomic E-state index is 0.448. The highest BCUT2D eigenvalue weighted by Gasteiger charge is 1.85. The van der Waals surface area contributed by atoms with Crippen LogP contribution < -0.4 is 0 Å². The molecule has 47 valence electrons. The third-order valence-corrected chi connectivity index (χ3v) is 1.51. The molecule has 0 unspecified atom stereocenters. The highest BCUT2D eigenvalue weighted by molar-refractivity contribution is 5.81. The standard InChI is InChI=1S/C10H7/c1-2-6-10-8-4-3-7-9(10)5-1/h1-7H/i4T. The van der Waals surface area contributed by atoms with Crippen molar-refractivity contribution in [1.82, 2.24) is 0 Å². The highest BCUT2D eigenvalue weighted by atomic mass is 13.9. The zero-order chi connectivity index (χ0) is 7.68. The zero-order valence-electron chi connectivity index (χ0n) is 6.46. The van der Waals surface area contributed by atoms with Crippen LogP contribution in [0.2, 0.25) is 0 Å². The van der Waals surface area contributed by atoms with Gasteiger partial charge < -0.3 is 0 Å². The summed E-state index contributed by atoms with van der Waals surface area (Å²) in [4.78, 5) is 0. The van der Waals surface area contributed by atoms with Crippen molar-refractivity contribution in [2.45, 2.75) is 0 Å². The van der Waals surface area contributed by atoms with Crippen molar-refractivity contribution in [3.63, 3.8) is 0 Å². The largest absolute Gasteiger partial charge is 0.0629 e. The van der Waals surface area contributed by atoms with Crippen LogP contribution in [0.25, 0.3) is 10.8 Å². The molecule has 0 bridgehead atoms. The Balaban J connectivity index is 2.83. The fraction of sp³-hybridized carbons (Fsp3) is 0. The number of hydrogen-bond acceptors (Lipinski definition) is 0. The maximum absolute atomic E-state index is 7.32. The van der Waals surface area contributed by atoms with Crippen molar-refractivity contribution in [3.05, 3.63) is 48.5 Å². The molecule has 0 saturated carbocycles. The molecule has 0 aliphatic heterocycles. The van der Waals surface area contributed by atoms with Gasteiger partial charge in [-0.25, -0.2) is 0 Å². The molecule has 2 aromatic carbocycles. The van der Waals surface area contributed by atoms with E-state index < -0.39 is 0 Å². The van der Waals surface area contributed by atoms with Gasteiger partial charge in [-0.3, -0.25) is 0 Å². The predicted octanol–water partition coefficient (Wildman–Crippen LogP) is 2.64. The summed E-state index contributed by atoms with van der Waals surface area (Å²) in [5.41, 5.74) is 0. The summed E-state index contributed by atoms with van der Waals surface area (Å²) in [6.45, 7) is 0. The Bertz CT molecular complexity index is 379. The Morgan fingerprint density at radius 3 is 2.90 bits per heavy atom. The summed E-state index contributed by atoms with van der Waals surface area (Å²) in [5.74, 6) is 0. The van der Waals surface area contributed by atoms with Crippen molar-refractivity contribution in [2.24, 2.45) is 0 Å². The number of benzene rings is 2. The van der Waals surface area contributed by atoms with Crippen molar-refractivity contribution in [1.29, 1.82) is 0 Å². The average Bonchev–Trinajstić information content (AvgIpc) is 2.04. The van der Waals surface area contributed by atoms with Gasteiger partial charge in [-0.2, -0.15) is 0 Å². The van der Waals surface area contributed by atoms with Crippen LogP contribution in [0.4, 0.5) is 0 Å². The van der Waals surface area contributed by atoms with Gasteiger partial charge in [-0.15, -0.1) is 0 Å². The van der Waals surface area contributed by atoms with E-state index >= 15 is 0 Å². The van der Waals surface area contributed by atoms with Gasteiger partial charge in [0.25, 0.3) is 0 Å². The summed E-state index contributed by atoms with van der Waals surface area (Å²) in [7, 11) is 0. The summed E-state index contributed by atoms with van der Waals surface area (Å²) in [6.07, 6.45) is 0. The second-order valence-electron chi connectivity index (χ2n) is 2.19. The van der Waals surface area contributed by atoms with Gasteiger partial charge in [0.15, 0.2) is 0 Å². The smallest absolute Gasteiger partial charge is 0.0616 e. The van der Waals surface area contributed by atoms with Gasteiger partial charge in [-0.1, -0.05) is 42.4 Å². The number of hydrogen-bond donors (Lipinski definition) is 0. The fourth-order valence-electron chi connectivity index (χ4n) is 1.01. The van der Waals surface area contributed by atoms with Crippen LogP contribution in [-0.4, -0.2) is 0 Å². The maximum Gasteiger partial charge on any atom is 0.0629 e.